The summed E-state index contributed by atoms with van der Waals surface area (Å²) in [6.07, 6.45) is 2.61. The zero-order chi connectivity index (χ0) is 12.4. The number of amides is 1. The number of H-pyrrole nitrogens is 1. The molecule has 0 aliphatic carbocycles. The molecule has 0 spiro atoms. The van der Waals surface area contributed by atoms with Gasteiger partial charge in [-0.05, 0) is 19.6 Å². The van der Waals surface area contributed by atoms with Crippen LogP contribution in [0.1, 0.15) is 22.5 Å². The van der Waals surface area contributed by atoms with Gasteiger partial charge < -0.3 is 4.98 Å². The van der Waals surface area contributed by atoms with Gasteiger partial charge in [-0.3, -0.25) is 9.63 Å². The fourth-order valence-corrected chi connectivity index (χ4v) is 2.31. The Morgan fingerprint density at radius 1 is 1.59 bits per heavy atom. The number of carbonyl (C=O) groups is 1. The highest BCUT2D eigenvalue weighted by Gasteiger charge is 2.26. The number of nitrogens with zero attached hydrogens (tertiary/aromatic N) is 2. The molecule has 2 heterocycles. The molecule has 17 heavy (non-hydrogen) atoms. The highest BCUT2D eigenvalue weighted by Crippen LogP contribution is 2.21. The van der Waals surface area contributed by atoms with Crippen LogP contribution in [-0.2, 0) is 4.84 Å². The first kappa shape index (κ1) is 12.1. The van der Waals surface area contributed by atoms with E-state index in [2.05, 4.69) is 9.97 Å². The van der Waals surface area contributed by atoms with E-state index in [0.717, 1.165) is 6.42 Å². The Balaban J connectivity index is 2.43. The third kappa shape index (κ3) is 2.34. The second kappa shape index (κ2) is 4.89. The number of thioether (sulfide) groups is 1. The minimum atomic E-state index is -0.439. The Bertz CT molecular complexity index is 494. The number of aryl methyl sites for hydroxylation is 1. The van der Waals surface area contributed by atoms with Gasteiger partial charge in [0.2, 0.25) is 0 Å². The van der Waals surface area contributed by atoms with E-state index in [9.17, 15) is 9.59 Å². The van der Waals surface area contributed by atoms with E-state index < -0.39 is 5.69 Å². The first-order chi connectivity index (χ1) is 8.13. The molecule has 2 rings (SSSR count). The number of aromatic nitrogens is 2. The molecule has 1 saturated heterocycles. The number of nitrogens with one attached hydrogen (secondary N) is 1. The molecule has 6 nitrogen and oxygen atoms in total. The molecule has 1 N–H and O–H groups in total. The van der Waals surface area contributed by atoms with Gasteiger partial charge in [-0.2, -0.15) is 4.98 Å². The minimum Gasteiger partial charge on any atom is -0.309 e. The van der Waals surface area contributed by atoms with Crippen LogP contribution in [0.4, 0.5) is 0 Å². The summed E-state index contributed by atoms with van der Waals surface area (Å²) in [4.78, 5) is 35.0. The Kier molecular flexibility index (Phi) is 3.49. The van der Waals surface area contributed by atoms with Gasteiger partial charge in [0, 0.05) is 5.69 Å². The summed E-state index contributed by atoms with van der Waals surface area (Å²) in [5.41, 5.74) is 0.500. The van der Waals surface area contributed by atoms with E-state index in [1.54, 1.807) is 13.2 Å². The number of rotatable bonds is 2. The average molecular weight is 255 g/mol. The summed E-state index contributed by atoms with van der Waals surface area (Å²) in [5.74, 6) is -0.242. The van der Waals surface area contributed by atoms with Crippen LogP contribution in [0.3, 0.4) is 0 Å². The van der Waals surface area contributed by atoms with E-state index in [-0.39, 0.29) is 5.91 Å². The van der Waals surface area contributed by atoms with Crippen molar-refractivity contribution in [1.82, 2.24) is 15.0 Å². The van der Waals surface area contributed by atoms with Crippen LogP contribution < -0.4 is 5.69 Å². The standard InChI is InChI=1S/C10H13N3O3S/c1-6-7(8(17-2)12-10(15)11-6)9(14)13-4-3-5-16-13/h3-5H2,1-2H3,(H,11,12,15). The quantitative estimate of drug-likeness (QED) is 0.618. The maximum atomic E-state index is 12.2. The summed E-state index contributed by atoms with van der Waals surface area (Å²) in [5, 5.41) is 1.76. The van der Waals surface area contributed by atoms with Crippen molar-refractivity contribution in [2.24, 2.45) is 0 Å². The fraction of sp³-hybridized carbons (Fsp3) is 0.500. The van der Waals surface area contributed by atoms with Crippen LogP contribution >= 0.6 is 11.8 Å². The molecule has 0 aromatic carbocycles. The van der Waals surface area contributed by atoms with Crippen molar-refractivity contribution in [2.75, 3.05) is 19.4 Å². The molecule has 1 aromatic heterocycles. The Labute approximate surface area is 102 Å². The van der Waals surface area contributed by atoms with Gasteiger partial charge in [0.25, 0.3) is 5.91 Å². The van der Waals surface area contributed by atoms with Crippen molar-refractivity contribution in [1.29, 1.82) is 0 Å². The van der Waals surface area contributed by atoms with Crippen LogP contribution in [0.15, 0.2) is 9.82 Å². The predicted molar refractivity (Wildman–Crippen MR) is 63.0 cm³/mol. The minimum absolute atomic E-state index is 0.242. The number of hydroxylamine groups is 2. The summed E-state index contributed by atoms with van der Waals surface area (Å²) >= 11 is 1.28. The lowest BCUT2D eigenvalue weighted by Crippen LogP contribution is -2.30. The van der Waals surface area contributed by atoms with Crippen molar-refractivity contribution >= 4 is 17.7 Å². The molecule has 1 aromatic rings. The van der Waals surface area contributed by atoms with Gasteiger partial charge in [0.15, 0.2) is 0 Å². The lowest BCUT2D eigenvalue weighted by molar-refractivity contribution is -0.0771. The number of aromatic amines is 1. The number of carbonyl (C=O) groups excluding carboxylic acids is 1. The van der Waals surface area contributed by atoms with Crippen molar-refractivity contribution in [3.63, 3.8) is 0 Å². The molecule has 7 heteroatoms. The lowest BCUT2D eigenvalue weighted by Gasteiger charge is -2.16. The summed E-state index contributed by atoms with van der Waals surface area (Å²) in [7, 11) is 0. The molecule has 1 amide bonds. The van der Waals surface area contributed by atoms with Crippen LogP contribution in [-0.4, -0.2) is 40.3 Å². The van der Waals surface area contributed by atoms with Crippen LogP contribution in [0.5, 0.6) is 0 Å². The second-order valence-corrected chi connectivity index (χ2v) is 4.44. The Morgan fingerprint density at radius 3 is 2.94 bits per heavy atom. The molecule has 1 fully saturated rings. The van der Waals surface area contributed by atoms with Gasteiger partial charge in [-0.15, -0.1) is 11.8 Å². The van der Waals surface area contributed by atoms with Crippen molar-refractivity contribution < 1.29 is 9.63 Å². The van der Waals surface area contributed by atoms with E-state index in [0.29, 0.717) is 29.4 Å². The molecule has 0 atom stereocenters. The van der Waals surface area contributed by atoms with Gasteiger partial charge in [-0.25, -0.2) is 9.86 Å². The monoisotopic (exact) mass is 255 g/mol. The summed E-state index contributed by atoms with van der Waals surface area (Å²) in [6, 6.07) is 0. The van der Waals surface area contributed by atoms with Gasteiger partial charge in [0.05, 0.1) is 18.7 Å². The molecule has 1 aliphatic heterocycles. The molecule has 0 bridgehead atoms. The molecule has 0 saturated carbocycles. The predicted octanol–water partition coefficient (Wildman–Crippen LogP) is 0.578. The van der Waals surface area contributed by atoms with E-state index in [1.165, 1.54) is 16.8 Å². The molecular weight excluding hydrogens is 242 g/mol. The SMILES string of the molecule is CSc1nc(=O)[nH]c(C)c1C(=O)N1CCCO1. The average Bonchev–Trinajstić information content (AvgIpc) is 2.80. The fourth-order valence-electron chi connectivity index (χ4n) is 1.69. The van der Waals surface area contributed by atoms with Crippen molar-refractivity contribution in [2.45, 2.75) is 18.4 Å². The summed E-state index contributed by atoms with van der Waals surface area (Å²) < 4.78 is 0. The Morgan fingerprint density at radius 2 is 2.35 bits per heavy atom. The number of hydrogen-bond donors (Lipinski definition) is 1. The molecule has 92 valence electrons. The normalized spacial score (nSPS) is 15.3. The topological polar surface area (TPSA) is 75.3 Å². The van der Waals surface area contributed by atoms with Gasteiger partial charge in [-0.1, -0.05) is 0 Å². The third-order valence-electron chi connectivity index (χ3n) is 2.47. The highest BCUT2D eigenvalue weighted by atomic mass is 32.2. The molecular formula is C10H13N3O3S. The zero-order valence-corrected chi connectivity index (χ0v) is 10.5. The first-order valence-electron chi connectivity index (χ1n) is 5.23. The third-order valence-corrected chi connectivity index (χ3v) is 3.15. The van der Waals surface area contributed by atoms with E-state index in [1.807, 2.05) is 0 Å². The Hall–Kier alpha value is -1.34. The van der Waals surface area contributed by atoms with Crippen LogP contribution in [0, 0.1) is 6.92 Å². The van der Waals surface area contributed by atoms with Crippen molar-refractivity contribution in [3.8, 4) is 0 Å². The molecule has 0 unspecified atom stereocenters. The van der Waals surface area contributed by atoms with Crippen molar-refractivity contribution in [3.05, 3.63) is 21.7 Å². The van der Waals surface area contributed by atoms with E-state index >= 15 is 0 Å². The first-order valence-corrected chi connectivity index (χ1v) is 6.45. The highest BCUT2D eigenvalue weighted by molar-refractivity contribution is 7.98. The van der Waals surface area contributed by atoms with Gasteiger partial charge in [0.1, 0.15) is 5.03 Å². The van der Waals surface area contributed by atoms with Crippen LogP contribution in [0.2, 0.25) is 0 Å². The smallest absolute Gasteiger partial charge is 0.309 e. The zero-order valence-electron chi connectivity index (χ0n) is 9.65. The van der Waals surface area contributed by atoms with E-state index in [4.69, 9.17) is 4.84 Å². The molecule has 1 aliphatic rings. The second-order valence-electron chi connectivity index (χ2n) is 3.65. The largest absolute Gasteiger partial charge is 0.346 e. The van der Waals surface area contributed by atoms with Gasteiger partial charge >= 0.3 is 5.69 Å². The van der Waals surface area contributed by atoms with Crippen LogP contribution in [0.25, 0.3) is 0 Å². The molecule has 0 radical (unpaired) electrons. The lowest BCUT2D eigenvalue weighted by atomic mass is 10.2. The summed E-state index contributed by atoms with van der Waals surface area (Å²) in [6.45, 7) is 2.81. The number of hydrogen-bond acceptors (Lipinski definition) is 5. The maximum Gasteiger partial charge on any atom is 0.346 e. The maximum absolute atomic E-state index is 12.2.